The standard InChI is InChI=1S/C14H17ClF4N2/c15-11-3-1-2-10(13(11)16)12(8-14(17,18)19)21(7-6-20)9-4-5-9/h1-3,9,12H,4-8,20H2. The molecule has 7 heteroatoms. The Labute approximate surface area is 125 Å². The number of halogens is 5. The predicted molar refractivity (Wildman–Crippen MR) is 73.6 cm³/mol. The second-order valence-electron chi connectivity index (χ2n) is 5.24. The van der Waals surface area contributed by atoms with Crippen LogP contribution in [0.4, 0.5) is 17.6 Å². The van der Waals surface area contributed by atoms with E-state index >= 15 is 0 Å². The number of benzene rings is 1. The number of rotatable bonds is 6. The molecule has 0 amide bonds. The highest BCUT2D eigenvalue weighted by Gasteiger charge is 2.41. The first-order valence-electron chi connectivity index (χ1n) is 6.80. The smallest absolute Gasteiger partial charge is 0.329 e. The number of nitrogens with two attached hydrogens (primary N) is 1. The van der Waals surface area contributed by atoms with Crippen LogP contribution in [-0.4, -0.2) is 30.2 Å². The zero-order valence-corrected chi connectivity index (χ0v) is 12.1. The van der Waals surface area contributed by atoms with Crippen LogP contribution in [0.5, 0.6) is 0 Å². The predicted octanol–water partition coefficient (Wildman–Crippen LogP) is 3.90. The van der Waals surface area contributed by atoms with Crippen LogP contribution in [0, 0.1) is 5.82 Å². The molecule has 1 unspecified atom stereocenters. The van der Waals surface area contributed by atoms with Crippen LogP contribution in [0.3, 0.4) is 0 Å². The van der Waals surface area contributed by atoms with E-state index in [4.69, 9.17) is 17.3 Å². The normalized spacial score (nSPS) is 17.3. The van der Waals surface area contributed by atoms with Crippen LogP contribution in [0.25, 0.3) is 0 Å². The Balaban J connectivity index is 2.36. The Morgan fingerprint density at radius 2 is 2.00 bits per heavy atom. The zero-order valence-electron chi connectivity index (χ0n) is 11.3. The van der Waals surface area contributed by atoms with Crippen molar-refractivity contribution in [3.05, 3.63) is 34.6 Å². The Morgan fingerprint density at radius 3 is 2.52 bits per heavy atom. The van der Waals surface area contributed by atoms with E-state index in [0.717, 1.165) is 12.8 Å². The maximum Gasteiger partial charge on any atom is 0.390 e. The molecule has 0 aromatic heterocycles. The Hall–Kier alpha value is -0.850. The summed E-state index contributed by atoms with van der Waals surface area (Å²) in [5.41, 5.74) is 5.49. The SMILES string of the molecule is NCCN(C1CC1)C(CC(F)(F)F)c1cccc(Cl)c1F. The molecule has 1 aliphatic carbocycles. The molecule has 0 bridgehead atoms. The molecule has 0 aliphatic heterocycles. The van der Waals surface area contributed by atoms with Gasteiger partial charge in [-0.2, -0.15) is 13.2 Å². The van der Waals surface area contributed by atoms with Crippen molar-refractivity contribution in [3.8, 4) is 0 Å². The van der Waals surface area contributed by atoms with Crippen LogP contribution < -0.4 is 5.73 Å². The number of nitrogens with zero attached hydrogens (tertiary/aromatic N) is 1. The molecule has 2 N–H and O–H groups in total. The van der Waals surface area contributed by atoms with Crippen molar-refractivity contribution in [3.63, 3.8) is 0 Å². The Kier molecular flexibility index (Phi) is 5.11. The topological polar surface area (TPSA) is 29.3 Å². The van der Waals surface area contributed by atoms with E-state index in [2.05, 4.69) is 0 Å². The van der Waals surface area contributed by atoms with Gasteiger partial charge in [0.2, 0.25) is 0 Å². The molecule has 1 aliphatic rings. The van der Waals surface area contributed by atoms with Crippen molar-refractivity contribution in [2.75, 3.05) is 13.1 Å². The highest BCUT2D eigenvalue weighted by molar-refractivity contribution is 6.30. The average molecular weight is 325 g/mol. The molecule has 1 aromatic carbocycles. The maximum absolute atomic E-state index is 14.2. The molecule has 118 valence electrons. The molecular weight excluding hydrogens is 308 g/mol. The fraction of sp³-hybridized carbons (Fsp3) is 0.571. The second-order valence-corrected chi connectivity index (χ2v) is 5.64. The third-order valence-corrected chi connectivity index (χ3v) is 3.86. The average Bonchev–Trinajstić information content (AvgIpc) is 3.20. The molecule has 1 saturated carbocycles. The van der Waals surface area contributed by atoms with E-state index in [1.165, 1.54) is 18.2 Å². The van der Waals surface area contributed by atoms with Gasteiger partial charge in [-0.15, -0.1) is 0 Å². The van der Waals surface area contributed by atoms with Crippen LogP contribution >= 0.6 is 11.6 Å². The third-order valence-electron chi connectivity index (χ3n) is 3.57. The molecule has 1 atom stereocenters. The van der Waals surface area contributed by atoms with Gasteiger partial charge in [-0.1, -0.05) is 23.7 Å². The number of hydrogen-bond acceptors (Lipinski definition) is 2. The van der Waals surface area contributed by atoms with Gasteiger partial charge in [0.25, 0.3) is 0 Å². The summed E-state index contributed by atoms with van der Waals surface area (Å²) in [6, 6.07) is 3.12. The van der Waals surface area contributed by atoms with Gasteiger partial charge in [-0.3, -0.25) is 4.90 Å². The minimum atomic E-state index is -4.39. The van der Waals surface area contributed by atoms with Gasteiger partial charge in [-0.25, -0.2) is 4.39 Å². The number of hydrogen-bond donors (Lipinski definition) is 1. The van der Waals surface area contributed by atoms with Crippen molar-refractivity contribution in [1.82, 2.24) is 4.90 Å². The molecule has 0 radical (unpaired) electrons. The lowest BCUT2D eigenvalue weighted by Crippen LogP contribution is -2.38. The van der Waals surface area contributed by atoms with E-state index in [0.29, 0.717) is 6.54 Å². The highest BCUT2D eigenvalue weighted by Crippen LogP contribution is 2.41. The highest BCUT2D eigenvalue weighted by atomic mass is 35.5. The van der Waals surface area contributed by atoms with Gasteiger partial charge < -0.3 is 5.73 Å². The fourth-order valence-corrected chi connectivity index (χ4v) is 2.73. The minimum absolute atomic E-state index is 0.0137. The van der Waals surface area contributed by atoms with Crippen LogP contribution in [0.1, 0.15) is 30.9 Å². The van der Waals surface area contributed by atoms with Gasteiger partial charge in [0, 0.05) is 30.7 Å². The van der Waals surface area contributed by atoms with Gasteiger partial charge in [0.05, 0.1) is 11.4 Å². The van der Waals surface area contributed by atoms with Crippen molar-refractivity contribution in [2.24, 2.45) is 5.73 Å². The summed E-state index contributed by atoms with van der Waals surface area (Å²) in [4.78, 5) is 1.65. The van der Waals surface area contributed by atoms with Gasteiger partial charge >= 0.3 is 6.18 Å². The molecule has 21 heavy (non-hydrogen) atoms. The summed E-state index contributed by atoms with van der Waals surface area (Å²) in [6.07, 6.45) is -3.87. The first-order valence-corrected chi connectivity index (χ1v) is 7.17. The monoisotopic (exact) mass is 324 g/mol. The van der Waals surface area contributed by atoms with Crippen molar-refractivity contribution < 1.29 is 17.6 Å². The summed E-state index contributed by atoms with van der Waals surface area (Å²) in [5, 5.41) is -0.164. The largest absolute Gasteiger partial charge is 0.390 e. The van der Waals surface area contributed by atoms with Crippen molar-refractivity contribution in [1.29, 1.82) is 0 Å². The van der Waals surface area contributed by atoms with Crippen molar-refractivity contribution >= 4 is 11.6 Å². The molecule has 1 fully saturated rings. The van der Waals surface area contributed by atoms with Gasteiger partial charge in [0.15, 0.2) is 0 Å². The second kappa shape index (κ2) is 6.50. The fourth-order valence-electron chi connectivity index (χ4n) is 2.55. The maximum atomic E-state index is 14.2. The first-order chi connectivity index (χ1) is 9.83. The van der Waals surface area contributed by atoms with Crippen molar-refractivity contribution in [2.45, 2.75) is 37.5 Å². The summed E-state index contributed by atoms with van der Waals surface area (Å²) in [7, 11) is 0. The molecule has 2 nitrogen and oxygen atoms in total. The molecule has 2 rings (SSSR count). The first kappa shape index (κ1) is 16.5. The lowest BCUT2D eigenvalue weighted by molar-refractivity contribution is -0.148. The van der Waals surface area contributed by atoms with Crippen LogP contribution in [-0.2, 0) is 0 Å². The molecule has 0 spiro atoms. The van der Waals surface area contributed by atoms with E-state index in [1.54, 1.807) is 4.90 Å². The summed E-state index contributed by atoms with van der Waals surface area (Å²) >= 11 is 5.71. The summed E-state index contributed by atoms with van der Waals surface area (Å²) < 4.78 is 52.8. The molecule has 0 heterocycles. The van der Waals surface area contributed by atoms with E-state index in [-0.39, 0.29) is 23.2 Å². The third kappa shape index (κ3) is 4.31. The summed E-state index contributed by atoms with van der Waals surface area (Å²) in [5.74, 6) is -0.781. The van der Waals surface area contributed by atoms with E-state index in [9.17, 15) is 17.6 Å². The lowest BCUT2D eigenvalue weighted by Gasteiger charge is -2.33. The van der Waals surface area contributed by atoms with Crippen LogP contribution in [0.2, 0.25) is 5.02 Å². The van der Waals surface area contributed by atoms with Crippen LogP contribution in [0.15, 0.2) is 18.2 Å². The molecular formula is C14H17ClF4N2. The molecule has 1 aromatic rings. The zero-order chi connectivity index (χ0) is 15.6. The van der Waals surface area contributed by atoms with E-state index < -0.39 is 24.5 Å². The van der Waals surface area contributed by atoms with E-state index in [1.807, 2.05) is 0 Å². The Morgan fingerprint density at radius 1 is 1.33 bits per heavy atom. The summed E-state index contributed by atoms with van der Waals surface area (Å²) in [6.45, 7) is 0.532. The van der Waals surface area contributed by atoms with Gasteiger partial charge in [-0.05, 0) is 18.9 Å². The van der Waals surface area contributed by atoms with Gasteiger partial charge in [0.1, 0.15) is 5.82 Å². The number of alkyl halides is 3. The Bertz CT molecular complexity index is 488. The lowest BCUT2D eigenvalue weighted by atomic mass is 10.0. The quantitative estimate of drug-likeness (QED) is 0.804. The molecule has 0 saturated heterocycles. The minimum Gasteiger partial charge on any atom is -0.329 e.